The van der Waals surface area contributed by atoms with Crippen LogP contribution in [0, 0.1) is 5.92 Å². The fourth-order valence-corrected chi connectivity index (χ4v) is 3.24. The molecule has 2 unspecified atom stereocenters. The smallest absolute Gasteiger partial charge is 0.254 e. The van der Waals surface area contributed by atoms with Crippen molar-refractivity contribution in [1.82, 2.24) is 9.88 Å². The molecular formula is C17H25N3O2. The van der Waals surface area contributed by atoms with Crippen LogP contribution >= 0.6 is 0 Å². The third kappa shape index (κ3) is 3.77. The molecule has 0 spiro atoms. The molecule has 3 rings (SSSR count). The molecule has 120 valence electrons. The number of aromatic nitrogens is 1. The molecule has 2 aliphatic heterocycles. The van der Waals surface area contributed by atoms with E-state index >= 15 is 0 Å². The summed E-state index contributed by atoms with van der Waals surface area (Å²) in [7, 11) is 0. The number of rotatable bonds is 4. The second kappa shape index (κ2) is 7.09. The van der Waals surface area contributed by atoms with Crippen LogP contribution in [0.1, 0.15) is 43.0 Å². The van der Waals surface area contributed by atoms with Gasteiger partial charge in [0.05, 0.1) is 6.10 Å². The van der Waals surface area contributed by atoms with Crippen molar-refractivity contribution < 1.29 is 9.53 Å². The molecular weight excluding hydrogens is 278 g/mol. The number of amides is 1. The summed E-state index contributed by atoms with van der Waals surface area (Å²) >= 11 is 0. The standard InChI is InChI=1S/C17H25N3O2/c1-13-4-2-8-20(12-13)17(21)14-6-7-18-16(10-14)19-11-15-5-3-9-22-15/h6-7,10,13,15H,2-5,8-9,11-12H2,1H3,(H,18,19). The van der Waals surface area contributed by atoms with Gasteiger partial charge in [-0.25, -0.2) is 4.98 Å². The number of hydrogen-bond donors (Lipinski definition) is 1. The minimum Gasteiger partial charge on any atom is -0.376 e. The third-order valence-corrected chi connectivity index (χ3v) is 4.49. The van der Waals surface area contributed by atoms with E-state index in [2.05, 4.69) is 17.2 Å². The highest BCUT2D eigenvalue weighted by Gasteiger charge is 2.22. The minimum absolute atomic E-state index is 0.120. The lowest BCUT2D eigenvalue weighted by atomic mass is 9.99. The Labute approximate surface area is 132 Å². The Morgan fingerprint density at radius 2 is 2.36 bits per heavy atom. The Morgan fingerprint density at radius 3 is 3.14 bits per heavy atom. The van der Waals surface area contributed by atoms with Crippen molar-refractivity contribution in [2.24, 2.45) is 5.92 Å². The van der Waals surface area contributed by atoms with Gasteiger partial charge >= 0.3 is 0 Å². The van der Waals surface area contributed by atoms with Crippen LogP contribution in [0.15, 0.2) is 18.3 Å². The molecule has 0 bridgehead atoms. The number of hydrogen-bond acceptors (Lipinski definition) is 4. The summed E-state index contributed by atoms with van der Waals surface area (Å²) in [5, 5.41) is 3.29. The highest BCUT2D eigenvalue weighted by atomic mass is 16.5. The Kier molecular flexibility index (Phi) is 4.93. The van der Waals surface area contributed by atoms with E-state index in [0.29, 0.717) is 5.92 Å². The quantitative estimate of drug-likeness (QED) is 0.929. The molecule has 1 N–H and O–H groups in total. The molecule has 1 aromatic rings. The van der Waals surface area contributed by atoms with Crippen LogP contribution in [-0.2, 0) is 4.74 Å². The van der Waals surface area contributed by atoms with E-state index in [1.165, 1.54) is 6.42 Å². The predicted octanol–water partition coefficient (Wildman–Crippen LogP) is 2.54. The molecule has 0 aliphatic carbocycles. The summed E-state index contributed by atoms with van der Waals surface area (Å²) in [6.45, 7) is 5.54. The van der Waals surface area contributed by atoms with Gasteiger partial charge in [-0.15, -0.1) is 0 Å². The maximum atomic E-state index is 12.6. The van der Waals surface area contributed by atoms with Gasteiger partial charge in [0.2, 0.25) is 0 Å². The Balaban J connectivity index is 1.61. The van der Waals surface area contributed by atoms with Crippen LogP contribution in [0.3, 0.4) is 0 Å². The van der Waals surface area contributed by atoms with Gasteiger partial charge in [0.15, 0.2) is 0 Å². The van der Waals surface area contributed by atoms with Crippen molar-refractivity contribution in [2.75, 3.05) is 31.6 Å². The van der Waals surface area contributed by atoms with Gasteiger partial charge in [-0.1, -0.05) is 6.92 Å². The molecule has 0 saturated carbocycles. The monoisotopic (exact) mass is 303 g/mol. The van der Waals surface area contributed by atoms with Crippen molar-refractivity contribution in [2.45, 2.75) is 38.7 Å². The van der Waals surface area contributed by atoms with Crippen molar-refractivity contribution in [3.63, 3.8) is 0 Å². The number of anilines is 1. The summed E-state index contributed by atoms with van der Waals surface area (Å²) in [5.41, 5.74) is 0.721. The van der Waals surface area contributed by atoms with E-state index in [1.54, 1.807) is 12.3 Å². The molecule has 2 aliphatic rings. The van der Waals surface area contributed by atoms with E-state index in [1.807, 2.05) is 11.0 Å². The fraction of sp³-hybridized carbons (Fsp3) is 0.647. The van der Waals surface area contributed by atoms with Crippen LogP contribution in [0.25, 0.3) is 0 Å². The molecule has 0 aromatic carbocycles. The molecule has 22 heavy (non-hydrogen) atoms. The number of pyridine rings is 1. The number of carbonyl (C=O) groups excluding carboxylic acids is 1. The van der Waals surface area contributed by atoms with Crippen molar-refractivity contribution in [3.05, 3.63) is 23.9 Å². The summed E-state index contributed by atoms with van der Waals surface area (Å²) in [6, 6.07) is 3.66. The first kappa shape index (κ1) is 15.3. The molecule has 2 saturated heterocycles. The zero-order valence-corrected chi connectivity index (χ0v) is 13.3. The van der Waals surface area contributed by atoms with Gasteiger partial charge in [0, 0.05) is 38.0 Å². The SMILES string of the molecule is CC1CCCN(C(=O)c2ccnc(NCC3CCCO3)c2)C1. The van der Waals surface area contributed by atoms with Crippen LogP contribution in [0.5, 0.6) is 0 Å². The van der Waals surface area contributed by atoms with Gasteiger partial charge in [0.1, 0.15) is 5.82 Å². The molecule has 5 nitrogen and oxygen atoms in total. The van der Waals surface area contributed by atoms with E-state index in [4.69, 9.17) is 4.74 Å². The van der Waals surface area contributed by atoms with Crippen LogP contribution < -0.4 is 5.32 Å². The van der Waals surface area contributed by atoms with E-state index in [-0.39, 0.29) is 12.0 Å². The van der Waals surface area contributed by atoms with E-state index < -0.39 is 0 Å². The van der Waals surface area contributed by atoms with Crippen molar-refractivity contribution in [1.29, 1.82) is 0 Å². The molecule has 2 atom stereocenters. The van der Waals surface area contributed by atoms with Crippen molar-refractivity contribution >= 4 is 11.7 Å². The average Bonchev–Trinajstić information content (AvgIpc) is 3.06. The van der Waals surface area contributed by atoms with E-state index in [9.17, 15) is 4.79 Å². The average molecular weight is 303 g/mol. The highest BCUT2D eigenvalue weighted by molar-refractivity contribution is 5.94. The van der Waals surface area contributed by atoms with Gasteiger partial charge < -0.3 is 15.0 Å². The van der Waals surface area contributed by atoms with Gasteiger partial charge in [-0.2, -0.15) is 0 Å². The zero-order chi connectivity index (χ0) is 15.4. The summed E-state index contributed by atoms with van der Waals surface area (Å²) in [5.74, 6) is 1.47. The second-order valence-electron chi connectivity index (χ2n) is 6.44. The molecule has 2 fully saturated rings. The van der Waals surface area contributed by atoms with Gasteiger partial charge in [0.25, 0.3) is 5.91 Å². The topological polar surface area (TPSA) is 54.5 Å². The molecule has 5 heteroatoms. The first-order valence-corrected chi connectivity index (χ1v) is 8.33. The summed E-state index contributed by atoms with van der Waals surface area (Å²) < 4.78 is 5.59. The Morgan fingerprint density at radius 1 is 1.45 bits per heavy atom. The highest BCUT2D eigenvalue weighted by Crippen LogP contribution is 2.19. The van der Waals surface area contributed by atoms with Crippen LogP contribution in [0.2, 0.25) is 0 Å². The summed E-state index contributed by atoms with van der Waals surface area (Å²) in [4.78, 5) is 18.9. The number of likely N-dealkylation sites (tertiary alicyclic amines) is 1. The van der Waals surface area contributed by atoms with Gasteiger partial charge in [-0.3, -0.25) is 4.79 Å². The van der Waals surface area contributed by atoms with Crippen LogP contribution in [0.4, 0.5) is 5.82 Å². The lowest BCUT2D eigenvalue weighted by Gasteiger charge is -2.31. The number of nitrogens with zero attached hydrogens (tertiary/aromatic N) is 2. The summed E-state index contributed by atoms with van der Waals surface area (Å²) in [6.07, 6.45) is 6.52. The Bertz CT molecular complexity index is 514. The maximum Gasteiger partial charge on any atom is 0.254 e. The number of ether oxygens (including phenoxy) is 1. The third-order valence-electron chi connectivity index (χ3n) is 4.49. The number of nitrogens with one attached hydrogen (secondary N) is 1. The normalized spacial score (nSPS) is 25.2. The predicted molar refractivity (Wildman–Crippen MR) is 86.0 cm³/mol. The lowest BCUT2D eigenvalue weighted by molar-refractivity contribution is 0.0683. The molecule has 1 amide bonds. The first-order valence-electron chi connectivity index (χ1n) is 8.33. The molecule has 3 heterocycles. The fourth-order valence-electron chi connectivity index (χ4n) is 3.24. The Hall–Kier alpha value is -1.62. The zero-order valence-electron chi connectivity index (χ0n) is 13.3. The molecule has 1 aromatic heterocycles. The van der Waals surface area contributed by atoms with Crippen molar-refractivity contribution in [3.8, 4) is 0 Å². The van der Waals surface area contributed by atoms with E-state index in [0.717, 1.165) is 56.9 Å². The minimum atomic E-state index is 0.120. The maximum absolute atomic E-state index is 12.6. The van der Waals surface area contributed by atoms with Crippen LogP contribution in [-0.4, -0.2) is 48.1 Å². The lowest BCUT2D eigenvalue weighted by Crippen LogP contribution is -2.39. The number of piperidine rings is 1. The van der Waals surface area contributed by atoms with Gasteiger partial charge in [-0.05, 0) is 43.7 Å². The first-order chi connectivity index (χ1) is 10.7. The number of carbonyl (C=O) groups is 1. The largest absolute Gasteiger partial charge is 0.376 e. The molecule has 0 radical (unpaired) electrons. The second-order valence-corrected chi connectivity index (χ2v) is 6.44.